The smallest absolute Gasteiger partial charge is 0.326 e. The van der Waals surface area contributed by atoms with Crippen LogP contribution in [0.4, 0.5) is 0 Å². The maximum absolute atomic E-state index is 15.1. The number of aliphatic hydroxyl groups is 2. The number of aromatic nitrogens is 3. The summed E-state index contributed by atoms with van der Waals surface area (Å²) in [7, 11) is 0. The molecule has 0 spiro atoms. The van der Waals surface area contributed by atoms with Gasteiger partial charge in [0.1, 0.15) is 42.3 Å². The Balaban J connectivity index is 1.22. The fraction of sp³-hybridized carbons (Fsp3) is 0.309. The molecule has 0 saturated carbocycles. The van der Waals surface area contributed by atoms with Gasteiger partial charge in [-0.25, -0.2) is 4.79 Å². The zero-order chi connectivity index (χ0) is 55.3. The van der Waals surface area contributed by atoms with Gasteiger partial charge in [-0.2, -0.15) is 0 Å². The lowest BCUT2D eigenvalue weighted by molar-refractivity contribution is -0.142. The lowest BCUT2D eigenvalue weighted by atomic mass is 9.99. The van der Waals surface area contributed by atoms with Gasteiger partial charge in [-0.15, -0.1) is 0 Å². The highest BCUT2D eigenvalue weighted by Gasteiger charge is 2.36. The predicted molar refractivity (Wildman–Crippen MR) is 285 cm³/mol. The van der Waals surface area contributed by atoms with Gasteiger partial charge in [-0.1, -0.05) is 84.9 Å². The molecule has 7 rings (SSSR count). The van der Waals surface area contributed by atoms with E-state index >= 15 is 4.79 Å². The van der Waals surface area contributed by atoms with Gasteiger partial charge in [0, 0.05) is 83.4 Å². The molecule has 22 nitrogen and oxygen atoms in total. The molecule has 4 aromatic carbocycles. The van der Waals surface area contributed by atoms with Crippen LogP contribution in [-0.4, -0.2) is 132 Å². The Bertz CT molecular complexity index is 3240. The number of amides is 7. The number of H-pyrrole nitrogens is 3. The average molecular weight is 1050 g/mol. The molecule has 404 valence electrons. The van der Waals surface area contributed by atoms with Crippen LogP contribution < -0.4 is 43.4 Å². The van der Waals surface area contributed by atoms with Crippen LogP contribution in [-0.2, 0) is 64.0 Å². The number of hydrogen-bond donors (Lipinski definition) is 14. The van der Waals surface area contributed by atoms with E-state index in [-0.39, 0.29) is 38.5 Å². The number of para-hydroxylation sites is 3. The average Bonchev–Trinajstić information content (AvgIpc) is 4.15. The Morgan fingerprint density at radius 2 is 0.844 bits per heavy atom. The quantitative estimate of drug-likeness (QED) is 0.0357. The number of carbonyl (C=O) groups excluding carboxylic acids is 7. The monoisotopic (exact) mass is 1050 g/mol. The van der Waals surface area contributed by atoms with Gasteiger partial charge in [0.15, 0.2) is 0 Å². The Labute approximate surface area is 441 Å². The summed E-state index contributed by atoms with van der Waals surface area (Å²) in [5.74, 6) is -7.72. The molecule has 0 aliphatic heterocycles. The lowest BCUT2D eigenvalue weighted by Gasteiger charge is -2.28. The van der Waals surface area contributed by atoms with Gasteiger partial charge in [0.25, 0.3) is 0 Å². The summed E-state index contributed by atoms with van der Waals surface area (Å²) >= 11 is 0. The molecule has 0 saturated heterocycles. The van der Waals surface area contributed by atoms with Gasteiger partial charge in [0.05, 0.1) is 12.2 Å². The van der Waals surface area contributed by atoms with Crippen molar-refractivity contribution < 1.29 is 53.7 Å². The fourth-order valence-electron chi connectivity index (χ4n) is 9.02. The van der Waals surface area contributed by atoms with Crippen molar-refractivity contribution >= 4 is 80.0 Å². The van der Waals surface area contributed by atoms with Gasteiger partial charge >= 0.3 is 5.97 Å². The molecule has 7 amide bonds. The van der Waals surface area contributed by atoms with E-state index < -0.39 is 102 Å². The van der Waals surface area contributed by atoms with E-state index in [2.05, 4.69) is 46.9 Å². The first-order valence-electron chi connectivity index (χ1n) is 25.0. The zero-order valence-corrected chi connectivity index (χ0v) is 42.2. The van der Waals surface area contributed by atoms with Crippen molar-refractivity contribution in [3.05, 3.63) is 144 Å². The highest BCUT2D eigenvalue weighted by Crippen LogP contribution is 2.23. The normalized spacial score (nSPS) is 14.9. The summed E-state index contributed by atoms with van der Waals surface area (Å²) < 4.78 is 0. The second-order valence-electron chi connectivity index (χ2n) is 19.0. The van der Waals surface area contributed by atoms with Crippen LogP contribution in [0.5, 0.6) is 0 Å². The van der Waals surface area contributed by atoms with Crippen LogP contribution in [0.25, 0.3) is 32.7 Å². The van der Waals surface area contributed by atoms with Crippen molar-refractivity contribution in [1.82, 2.24) is 46.9 Å². The van der Waals surface area contributed by atoms with Crippen LogP contribution >= 0.6 is 0 Å². The van der Waals surface area contributed by atoms with E-state index in [0.717, 1.165) is 0 Å². The number of primary amides is 1. The molecule has 0 aliphatic rings. The highest BCUT2D eigenvalue weighted by molar-refractivity contribution is 5.99. The molecule has 0 fully saturated rings. The van der Waals surface area contributed by atoms with Gasteiger partial charge in [-0.05, 0) is 60.7 Å². The number of hydrogen-bond acceptors (Lipinski definition) is 11. The molecule has 3 heterocycles. The Hall–Kier alpha value is -8.86. The molecule has 9 atom stereocenters. The predicted octanol–water partition coefficient (Wildman–Crippen LogP) is 0.749. The first kappa shape index (κ1) is 55.9. The topological polar surface area (TPSA) is 369 Å². The molecule has 77 heavy (non-hydrogen) atoms. The van der Waals surface area contributed by atoms with E-state index in [1.807, 2.05) is 30.3 Å². The van der Waals surface area contributed by atoms with E-state index in [1.165, 1.54) is 13.8 Å². The van der Waals surface area contributed by atoms with Crippen LogP contribution in [0, 0.1) is 0 Å². The van der Waals surface area contributed by atoms with Crippen molar-refractivity contribution in [2.45, 2.75) is 107 Å². The third kappa shape index (κ3) is 14.5. The van der Waals surface area contributed by atoms with Crippen molar-refractivity contribution in [2.75, 3.05) is 0 Å². The first-order chi connectivity index (χ1) is 36.9. The molecular formula is C55H63N11O11. The maximum Gasteiger partial charge on any atom is 0.326 e. The molecule has 3 aromatic heterocycles. The molecule has 0 radical (unpaired) electrons. The molecule has 16 N–H and O–H groups in total. The minimum atomic E-state index is -1.66. The van der Waals surface area contributed by atoms with Crippen molar-refractivity contribution in [2.24, 2.45) is 11.5 Å². The van der Waals surface area contributed by atoms with E-state index in [4.69, 9.17) is 11.5 Å². The van der Waals surface area contributed by atoms with E-state index in [9.17, 15) is 48.9 Å². The molecule has 0 aliphatic carbocycles. The van der Waals surface area contributed by atoms with Crippen molar-refractivity contribution in [3.8, 4) is 0 Å². The number of nitrogens with one attached hydrogen (secondary N) is 9. The third-order valence-electron chi connectivity index (χ3n) is 13.3. The minimum Gasteiger partial charge on any atom is -0.480 e. The Morgan fingerprint density at radius 1 is 0.468 bits per heavy atom. The number of nitrogens with two attached hydrogens (primary N) is 2. The summed E-state index contributed by atoms with van der Waals surface area (Å²) in [6.07, 6.45) is 0.760. The molecular weight excluding hydrogens is 991 g/mol. The number of aromatic amines is 3. The standard InChI is InChI=1S/C55H63N11O11/c1-29(67)47(57)53(74)66-48(30(2)68)54(75)64-44(25-34-28-60-40-19-11-8-16-37(34)40)52(73)63-43(24-33-27-59-39-18-10-7-15-36(33)39)51(72)62-42(23-32-26-58-38-17-9-6-14-35(32)38)50(71)61-41(20-21-46(56)69)49(70)65-45(55(76)77)22-31-12-4-3-5-13-31/h3-19,26-30,41-45,47-48,58-60,67-68H,20-25,57H2,1-2H3,(H2,56,69)(H,61,71)(H,62,72)(H,63,73)(H,64,75)(H,65,70)(H,66,74)(H,76,77). The third-order valence-corrected chi connectivity index (χ3v) is 13.3. The SMILES string of the molecule is CC(O)C(N)C(=O)NC(C(=O)NC(Cc1c[nH]c2ccccc12)C(=O)NC(Cc1c[nH]c2ccccc12)C(=O)NC(Cc1c[nH]c2ccccc12)C(=O)NC(CCC(N)=O)C(=O)NC(Cc1ccccc1)C(=O)O)C(C)O. The largest absolute Gasteiger partial charge is 0.480 e. The summed E-state index contributed by atoms with van der Waals surface area (Å²) in [6, 6.07) is 19.6. The van der Waals surface area contributed by atoms with Crippen LogP contribution in [0.15, 0.2) is 122 Å². The van der Waals surface area contributed by atoms with Crippen LogP contribution in [0.1, 0.15) is 48.9 Å². The Kier molecular flexibility index (Phi) is 18.6. The number of carboxylic acid groups (broad SMARTS) is 1. The second-order valence-corrected chi connectivity index (χ2v) is 19.0. The molecule has 7 aromatic rings. The number of aliphatic hydroxyl groups excluding tert-OH is 2. The first-order valence-corrected chi connectivity index (χ1v) is 25.0. The fourth-order valence-corrected chi connectivity index (χ4v) is 9.02. The van der Waals surface area contributed by atoms with Crippen LogP contribution in [0.3, 0.4) is 0 Å². The van der Waals surface area contributed by atoms with E-state index in [1.54, 1.807) is 91.4 Å². The number of carbonyl (C=O) groups is 8. The summed E-state index contributed by atoms with van der Waals surface area (Å²) in [4.78, 5) is 120. The van der Waals surface area contributed by atoms with Gasteiger partial charge in [-0.3, -0.25) is 33.6 Å². The van der Waals surface area contributed by atoms with E-state index in [0.29, 0.717) is 55.0 Å². The Morgan fingerprint density at radius 3 is 1.25 bits per heavy atom. The summed E-state index contributed by atoms with van der Waals surface area (Å²) in [5.41, 5.74) is 15.8. The maximum atomic E-state index is 15.1. The number of benzene rings is 4. The van der Waals surface area contributed by atoms with Crippen molar-refractivity contribution in [1.29, 1.82) is 0 Å². The van der Waals surface area contributed by atoms with Crippen molar-refractivity contribution in [3.63, 3.8) is 0 Å². The summed E-state index contributed by atoms with van der Waals surface area (Å²) in [5, 5.41) is 48.7. The molecule has 22 heteroatoms. The second kappa shape index (κ2) is 25.6. The molecule has 9 unspecified atom stereocenters. The lowest BCUT2D eigenvalue weighted by Crippen LogP contribution is -2.62. The number of rotatable bonds is 26. The highest BCUT2D eigenvalue weighted by atomic mass is 16.4. The summed E-state index contributed by atoms with van der Waals surface area (Å²) in [6.45, 7) is 2.51. The number of fused-ring (bicyclic) bond motifs is 3. The zero-order valence-electron chi connectivity index (χ0n) is 42.2. The van der Waals surface area contributed by atoms with Crippen LogP contribution in [0.2, 0.25) is 0 Å². The minimum absolute atomic E-state index is 0.107. The van der Waals surface area contributed by atoms with Gasteiger partial charge in [0.2, 0.25) is 41.4 Å². The number of aliphatic carboxylic acids is 1. The van der Waals surface area contributed by atoms with Gasteiger partial charge < -0.3 is 73.6 Å². The molecule has 0 bridgehead atoms. The number of carboxylic acids is 1.